The van der Waals surface area contributed by atoms with E-state index in [1.54, 1.807) is 0 Å². The zero-order valence-electron chi connectivity index (χ0n) is 11.0. The van der Waals surface area contributed by atoms with Crippen LogP contribution in [0.3, 0.4) is 0 Å². The molecule has 2 aromatic rings. The first-order valence-electron chi connectivity index (χ1n) is 6.17. The molecule has 0 saturated heterocycles. The van der Waals surface area contributed by atoms with Crippen molar-refractivity contribution in [3.05, 3.63) is 57.6 Å². The third-order valence-corrected chi connectivity index (χ3v) is 3.32. The predicted octanol–water partition coefficient (Wildman–Crippen LogP) is 3.90. The van der Waals surface area contributed by atoms with Gasteiger partial charge in [-0.2, -0.15) is 0 Å². The molecular weight excluding hydrogens is 244 g/mol. The minimum atomic E-state index is 0.590. The molecule has 0 amide bonds. The molecule has 18 heavy (non-hydrogen) atoms. The predicted molar refractivity (Wildman–Crippen MR) is 75.1 cm³/mol. The summed E-state index contributed by atoms with van der Waals surface area (Å²) in [5.74, 6) is 0.792. The van der Waals surface area contributed by atoms with Crippen LogP contribution in [0.1, 0.15) is 35.1 Å². The molecule has 2 nitrogen and oxygen atoms in total. The molecule has 1 aromatic carbocycles. The van der Waals surface area contributed by atoms with E-state index in [1.165, 1.54) is 11.1 Å². The number of hydrogen-bond acceptors (Lipinski definition) is 2. The largest absolute Gasteiger partial charge is 0.237 e. The van der Waals surface area contributed by atoms with Crippen LogP contribution >= 0.6 is 11.6 Å². The van der Waals surface area contributed by atoms with E-state index in [0.29, 0.717) is 5.15 Å². The molecule has 0 atom stereocenters. The van der Waals surface area contributed by atoms with Crippen molar-refractivity contribution in [3.8, 4) is 0 Å². The van der Waals surface area contributed by atoms with E-state index in [-0.39, 0.29) is 0 Å². The molecule has 0 aliphatic carbocycles. The molecular formula is C15H17ClN2. The summed E-state index contributed by atoms with van der Waals surface area (Å²) >= 11 is 6.18. The maximum atomic E-state index is 6.18. The van der Waals surface area contributed by atoms with Crippen LogP contribution < -0.4 is 0 Å². The second kappa shape index (κ2) is 5.49. The molecule has 94 valence electrons. The van der Waals surface area contributed by atoms with Gasteiger partial charge in [0.05, 0.1) is 0 Å². The third-order valence-electron chi connectivity index (χ3n) is 3.01. The second-order valence-corrected chi connectivity index (χ2v) is 4.87. The summed E-state index contributed by atoms with van der Waals surface area (Å²) < 4.78 is 0. The van der Waals surface area contributed by atoms with E-state index in [1.807, 2.05) is 6.92 Å². The van der Waals surface area contributed by atoms with Gasteiger partial charge in [0.1, 0.15) is 11.0 Å². The molecule has 0 radical (unpaired) electrons. The van der Waals surface area contributed by atoms with E-state index in [0.717, 1.165) is 29.9 Å². The molecule has 2 rings (SSSR count). The van der Waals surface area contributed by atoms with Gasteiger partial charge in [-0.25, -0.2) is 9.97 Å². The van der Waals surface area contributed by atoms with Gasteiger partial charge in [-0.15, -0.1) is 0 Å². The van der Waals surface area contributed by atoms with Crippen LogP contribution in [0, 0.1) is 13.8 Å². The van der Waals surface area contributed by atoms with E-state index in [4.69, 9.17) is 11.6 Å². The lowest BCUT2D eigenvalue weighted by atomic mass is 10.1. The monoisotopic (exact) mass is 260 g/mol. The van der Waals surface area contributed by atoms with Crippen molar-refractivity contribution in [2.45, 2.75) is 33.6 Å². The van der Waals surface area contributed by atoms with Crippen molar-refractivity contribution in [1.82, 2.24) is 9.97 Å². The summed E-state index contributed by atoms with van der Waals surface area (Å²) in [6.07, 6.45) is 1.60. The lowest BCUT2D eigenvalue weighted by Crippen LogP contribution is -2.03. The molecule has 1 aromatic heterocycles. The van der Waals surface area contributed by atoms with Gasteiger partial charge in [-0.3, -0.25) is 0 Å². The molecule has 0 fully saturated rings. The lowest BCUT2D eigenvalue weighted by Gasteiger charge is -2.08. The number of hydrogen-bond donors (Lipinski definition) is 0. The zero-order chi connectivity index (χ0) is 13.1. The van der Waals surface area contributed by atoms with Crippen molar-refractivity contribution >= 4 is 11.6 Å². The molecule has 0 aliphatic heterocycles. The van der Waals surface area contributed by atoms with Crippen LogP contribution in [0.15, 0.2) is 24.3 Å². The Bertz CT molecular complexity index is 541. The van der Waals surface area contributed by atoms with Gasteiger partial charge >= 0.3 is 0 Å². The third kappa shape index (κ3) is 2.88. The van der Waals surface area contributed by atoms with Crippen LogP contribution in [0.5, 0.6) is 0 Å². The Kier molecular flexibility index (Phi) is 3.97. The first-order chi connectivity index (χ1) is 8.60. The Labute approximate surface area is 113 Å². The van der Waals surface area contributed by atoms with Crippen molar-refractivity contribution in [3.63, 3.8) is 0 Å². The van der Waals surface area contributed by atoms with Gasteiger partial charge in [0.15, 0.2) is 0 Å². The first-order valence-corrected chi connectivity index (χ1v) is 6.55. The molecule has 0 saturated carbocycles. The first kappa shape index (κ1) is 13.0. The van der Waals surface area contributed by atoms with Crippen LogP contribution in [0.25, 0.3) is 0 Å². The highest BCUT2D eigenvalue weighted by atomic mass is 35.5. The molecule has 3 heteroatoms. The topological polar surface area (TPSA) is 25.8 Å². The quantitative estimate of drug-likeness (QED) is 0.783. The number of rotatable bonds is 3. The van der Waals surface area contributed by atoms with E-state index >= 15 is 0 Å². The summed E-state index contributed by atoms with van der Waals surface area (Å²) in [5.41, 5.74) is 4.50. The van der Waals surface area contributed by atoms with E-state index in [9.17, 15) is 0 Å². The standard InChI is InChI=1S/C15H17ClN2/c1-4-13-11(3)17-14(18-15(13)16)9-12-7-5-6-10(2)8-12/h5-8H,4,9H2,1-3H3. The summed E-state index contributed by atoms with van der Waals surface area (Å²) in [7, 11) is 0. The molecule has 0 aliphatic rings. The van der Waals surface area contributed by atoms with E-state index < -0.39 is 0 Å². The minimum absolute atomic E-state index is 0.590. The minimum Gasteiger partial charge on any atom is -0.237 e. The lowest BCUT2D eigenvalue weighted by molar-refractivity contribution is 0.904. The number of aryl methyl sites for hydroxylation is 2. The zero-order valence-corrected chi connectivity index (χ0v) is 11.8. The van der Waals surface area contributed by atoms with Crippen molar-refractivity contribution in [1.29, 1.82) is 0 Å². The van der Waals surface area contributed by atoms with E-state index in [2.05, 4.69) is 48.1 Å². The average molecular weight is 261 g/mol. The fourth-order valence-corrected chi connectivity index (χ4v) is 2.47. The highest BCUT2D eigenvalue weighted by Gasteiger charge is 2.08. The Morgan fingerprint density at radius 3 is 2.56 bits per heavy atom. The normalized spacial score (nSPS) is 10.7. The smallest absolute Gasteiger partial charge is 0.136 e. The van der Waals surface area contributed by atoms with Crippen molar-refractivity contribution < 1.29 is 0 Å². The van der Waals surface area contributed by atoms with Gasteiger partial charge < -0.3 is 0 Å². The highest BCUT2D eigenvalue weighted by molar-refractivity contribution is 6.30. The molecule has 0 N–H and O–H groups in total. The van der Waals surface area contributed by atoms with Crippen molar-refractivity contribution in [2.24, 2.45) is 0 Å². The maximum absolute atomic E-state index is 6.18. The number of benzene rings is 1. The Morgan fingerprint density at radius 1 is 1.17 bits per heavy atom. The number of aromatic nitrogens is 2. The Hall–Kier alpha value is -1.41. The highest BCUT2D eigenvalue weighted by Crippen LogP contribution is 2.18. The second-order valence-electron chi connectivity index (χ2n) is 4.51. The van der Waals surface area contributed by atoms with Crippen LogP contribution in [0.4, 0.5) is 0 Å². The fraction of sp³-hybridized carbons (Fsp3) is 0.333. The van der Waals surface area contributed by atoms with Crippen LogP contribution in [-0.2, 0) is 12.8 Å². The molecule has 1 heterocycles. The van der Waals surface area contributed by atoms with Gasteiger partial charge in [0.2, 0.25) is 0 Å². The van der Waals surface area contributed by atoms with Gasteiger partial charge in [-0.1, -0.05) is 48.4 Å². The Morgan fingerprint density at radius 2 is 1.94 bits per heavy atom. The average Bonchev–Trinajstić information content (AvgIpc) is 2.28. The van der Waals surface area contributed by atoms with Gasteiger partial charge in [0.25, 0.3) is 0 Å². The summed E-state index contributed by atoms with van der Waals surface area (Å²) in [5, 5.41) is 0.590. The SMILES string of the molecule is CCc1c(C)nc(Cc2cccc(C)c2)nc1Cl. The van der Waals surface area contributed by atoms with Gasteiger partial charge in [-0.05, 0) is 25.8 Å². The summed E-state index contributed by atoms with van der Waals surface area (Å²) in [6, 6.07) is 8.38. The molecule has 0 bridgehead atoms. The van der Waals surface area contributed by atoms with Crippen LogP contribution in [0.2, 0.25) is 5.15 Å². The molecule has 0 unspecified atom stereocenters. The fourth-order valence-electron chi connectivity index (χ4n) is 2.10. The van der Waals surface area contributed by atoms with Crippen molar-refractivity contribution in [2.75, 3.05) is 0 Å². The summed E-state index contributed by atoms with van der Waals surface area (Å²) in [4.78, 5) is 8.92. The maximum Gasteiger partial charge on any atom is 0.136 e. The van der Waals surface area contributed by atoms with Gasteiger partial charge in [0, 0.05) is 17.7 Å². The van der Waals surface area contributed by atoms with Crippen LogP contribution in [-0.4, -0.2) is 9.97 Å². The Balaban J connectivity index is 2.30. The summed E-state index contributed by atoms with van der Waals surface area (Å²) in [6.45, 7) is 6.15. The number of nitrogens with zero attached hydrogens (tertiary/aromatic N) is 2. The number of halogens is 1. The molecule has 0 spiro atoms.